The zero-order chi connectivity index (χ0) is 19.6. The highest BCUT2D eigenvalue weighted by atomic mass is 79.9. The van der Waals surface area contributed by atoms with E-state index in [4.69, 9.17) is 28.6 Å². The first kappa shape index (κ1) is 20.4. The van der Waals surface area contributed by atoms with E-state index in [0.29, 0.717) is 19.9 Å². The van der Waals surface area contributed by atoms with Gasteiger partial charge in [-0.05, 0) is 71.2 Å². The summed E-state index contributed by atoms with van der Waals surface area (Å²) in [6.07, 6.45) is 2.96. The molecule has 1 aliphatic rings. The van der Waals surface area contributed by atoms with Gasteiger partial charge < -0.3 is 4.74 Å². The Labute approximate surface area is 181 Å². The number of carbonyl (C=O) groups excluding carboxylic acids is 1. The molecule has 140 valence electrons. The number of thioether (sulfide) groups is 1. The lowest BCUT2D eigenvalue weighted by atomic mass is 10.2. The van der Waals surface area contributed by atoms with E-state index in [0.717, 1.165) is 22.2 Å². The Balaban J connectivity index is 1.80. The molecule has 0 radical (unpaired) electrons. The van der Waals surface area contributed by atoms with Gasteiger partial charge in [0.25, 0.3) is 5.91 Å². The second-order valence-electron chi connectivity index (χ2n) is 6.02. The average Bonchev–Trinajstić information content (AvgIpc) is 2.92. The van der Waals surface area contributed by atoms with Gasteiger partial charge in [-0.2, -0.15) is 0 Å². The van der Waals surface area contributed by atoms with Gasteiger partial charge in [0.2, 0.25) is 0 Å². The highest BCUT2D eigenvalue weighted by Gasteiger charge is 2.33. The minimum Gasteiger partial charge on any atom is -0.491 e. The number of thiocarbonyl (C=S) groups is 1. The smallest absolute Gasteiger partial charge is 0.270 e. The van der Waals surface area contributed by atoms with Crippen LogP contribution >= 0.6 is 51.5 Å². The van der Waals surface area contributed by atoms with Crippen LogP contribution in [-0.2, 0) is 4.79 Å². The largest absolute Gasteiger partial charge is 0.491 e. The highest BCUT2D eigenvalue weighted by molar-refractivity contribution is 9.10. The summed E-state index contributed by atoms with van der Waals surface area (Å²) in [7, 11) is 0. The lowest BCUT2D eigenvalue weighted by Crippen LogP contribution is -2.27. The summed E-state index contributed by atoms with van der Waals surface area (Å²) in [6, 6.07) is 13.0. The molecule has 2 aromatic rings. The molecule has 0 bridgehead atoms. The highest BCUT2D eigenvalue weighted by Crippen LogP contribution is 2.38. The number of halogens is 2. The number of hydrogen-bond acceptors (Lipinski definition) is 4. The lowest BCUT2D eigenvalue weighted by molar-refractivity contribution is -0.113. The molecule has 0 spiro atoms. The number of anilines is 1. The van der Waals surface area contributed by atoms with E-state index in [-0.39, 0.29) is 12.0 Å². The van der Waals surface area contributed by atoms with Gasteiger partial charge in [0.05, 0.1) is 21.7 Å². The minimum absolute atomic E-state index is 0.150. The topological polar surface area (TPSA) is 29.5 Å². The molecule has 1 heterocycles. The Morgan fingerprint density at radius 1 is 1.30 bits per heavy atom. The molecule has 0 N–H and O–H groups in total. The maximum atomic E-state index is 12.8. The van der Waals surface area contributed by atoms with E-state index >= 15 is 0 Å². The van der Waals surface area contributed by atoms with Crippen molar-refractivity contribution in [3.05, 3.63) is 62.4 Å². The first-order valence-corrected chi connectivity index (χ1v) is 10.8. The number of carbonyl (C=O) groups is 1. The molecule has 3 nitrogen and oxygen atoms in total. The molecule has 1 aliphatic heterocycles. The molecule has 1 atom stereocenters. The Hall–Kier alpha value is -1.34. The van der Waals surface area contributed by atoms with E-state index in [1.54, 1.807) is 12.1 Å². The van der Waals surface area contributed by atoms with E-state index in [9.17, 15) is 4.79 Å². The molecule has 1 saturated heterocycles. The fourth-order valence-electron chi connectivity index (χ4n) is 2.42. The fraction of sp³-hybridized carbons (Fsp3) is 0.200. The molecular weight excluding hydrogens is 466 g/mol. The first-order valence-electron chi connectivity index (χ1n) is 8.38. The summed E-state index contributed by atoms with van der Waals surface area (Å²) in [4.78, 5) is 14.9. The van der Waals surface area contributed by atoms with E-state index in [2.05, 4.69) is 22.9 Å². The van der Waals surface area contributed by atoms with Gasteiger partial charge in [0, 0.05) is 4.47 Å². The third-order valence-electron chi connectivity index (χ3n) is 4.05. The van der Waals surface area contributed by atoms with Crippen LogP contribution in [0.1, 0.15) is 25.8 Å². The molecule has 3 rings (SSSR count). The van der Waals surface area contributed by atoms with Crippen LogP contribution in [0.2, 0.25) is 5.02 Å². The third kappa shape index (κ3) is 4.74. The van der Waals surface area contributed by atoms with Crippen molar-refractivity contribution in [3.8, 4) is 5.75 Å². The number of benzene rings is 2. The van der Waals surface area contributed by atoms with Crippen LogP contribution in [-0.4, -0.2) is 16.3 Å². The maximum Gasteiger partial charge on any atom is 0.270 e. The van der Waals surface area contributed by atoms with Gasteiger partial charge in [-0.3, -0.25) is 9.69 Å². The summed E-state index contributed by atoms with van der Waals surface area (Å²) in [5.74, 6) is 0.668. The van der Waals surface area contributed by atoms with Crippen LogP contribution in [0.4, 0.5) is 5.69 Å². The van der Waals surface area contributed by atoms with Crippen LogP contribution < -0.4 is 9.64 Å². The van der Waals surface area contributed by atoms with Crippen LogP contribution in [0.15, 0.2) is 51.8 Å². The van der Waals surface area contributed by atoms with Crippen LogP contribution in [0.5, 0.6) is 5.75 Å². The van der Waals surface area contributed by atoms with Gasteiger partial charge in [-0.15, -0.1) is 0 Å². The van der Waals surface area contributed by atoms with Crippen molar-refractivity contribution in [2.75, 3.05) is 4.90 Å². The molecule has 1 fully saturated rings. The molecular formula is C20H17BrClNO2S2. The first-order chi connectivity index (χ1) is 12.9. The molecule has 7 heteroatoms. The van der Waals surface area contributed by atoms with Gasteiger partial charge in [-0.1, -0.05) is 54.6 Å². The van der Waals surface area contributed by atoms with Gasteiger partial charge in [0.1, 0.15) is 5.75 Å². The quantitative estimate of drug-likeness (QED) is 0.351. The van der Waals surface area contributed by atoms with Gasteiger partial charge in [-0.25, -0.2) is 0 Å². The SMILES string of the molecule is CC[C@@H](C)Oc1ccc(/C=C2\SC(=S)N(c3ccc(Br)c(Cl)c3)C2=O)cc1. The van der Waals surface area contributed by atoms with Crippen LogP contribution in [0.25, 0.3) is 6.08 Å². The molecule has 27 heavy (non-hydrogen) atoms. The van der Waals surface area contributed by atoms with E-state index in [1.807, 2.05) is 43.3 Å². The van der Waals surface area contributed by atoms with E-state index in [1.165, 1.54) is 16.7 Å². The normalized spacial score (nSPS) is 16.9. The number of amides is 1. The van der Waals surface area contributed by atoms with Crippen LogP contribution in [0.3, 0.4) is 0 Å². The van der Waals surface area contributed by atoms with Crippen LogP contribution in [0, 0.1) is 0 Å². The molecule has 0 aromatic heterocycles. The zero-order valence-corrected chi connectivity index (χ0v) is 18.7. The van der Waals surface area contributed by atoms with Crippen molar-refractivity contribution in [2.45, 2.75) is 26.4 Å². The number of rotatable bonds is 5. The summed E-state index contributed by atoms with van der Waals surface area (Å²) < 4.78 is 7.04. The van der Waals surface area contributed by atoms with Crippen molar-refractivity contribution in [1.82, 2.24) is 0 Å². The molecule has 0 unspecified atom stereocenters. The number of nitrogens with zero attached hydrogens (tertiary/aromatic N) is 1. The summed E-state index contributed by atoms with van der Waals surface area (Å²) in [6.45, 7) is 4.12. The lowest BCUT2D eigenvalue weighted by Gasteiger charge is -2.15. The summed E-state index contributed by atoms with van der Waals surface area (Å²) in [5, 5.41) is 0.530. The third-order valence-corrected chi connectivity index (χ3v) is 6.58. The minimum atomic E-state index is -0.150. The van der Waals surface area contributed by atoms with Crippen molar-refractivity contribution in [2.24, 2.45) is 0 Å². The zero-order valence-electron chi connectivity index (χ0n) is 14.7. The standard InChI is InChI=1S/C20H17BrClNO2S2/c1-3-12(2)25-15-7-4-13(5-8-15)10-18-19(24)23(20(26)27-18)14-6-9-16(21)17(22)11-14/h4-12H,3H2,1-2H3/b18-10-/t12-/m1/s1. The van der Waals surface area contributed by atoms with E-state index < -0.39 is 0 Å². The second-order valence-corrected chi connectivity index (χ2v) is 8.96. The Bertz CT molecular complexity index is 915. The average molecular weight is 483 g/mol. The maximum absolute atomic E-state index is 12.8. The molecule has 0 aliphatic carbocycles. The van der Waals surface area contributed by atoms with Crippen molar-refractivity contribution >= 4 is 73.5 Å². The molecule has 2 aromatic carbocycles. The number of ether oxygens (including phenoxy) is 1. The number of hydrogen-bond donors (Lipinski definition) is 0. The van der Waals surface area contributed by atoms with Crippen molar-refractivity contribution in [1.29, 1.82) is 0 Å². The predicted molar refractivity (Wildman–Crippen MR) is 122 cm³/mol. The second kappa shape index (κ2) is 8.78. The van der Waals surface area contributed by atoms with Gasteiger partial charge >= 0.3 is 0 Å². The van der Waals surface area contributed by atoms with Crippen molar-refractivity contribution in [3.63, 3.8) is 0 Å². The monoisotopic (exact) mass is 481 g/mol. The summed E-state index contributed by atoms with van der Waals surface area (Å²) >= 11 is 16.2. The summed E-state index contributed by atoms with van der Waals surface area (Å²) in [5.41, 5.74) is 1.58. The Kier molecular flexibility index (Phi) is 6.63. The van der Waals surface area contributed by atoms with Crippen molar-refractivity contribution < 1.29 is 9.53 Å². The Morgan fingerprint density at radius 2 is 2.00 bits per heavy atom. The van der Waals surface area contributed by atoms with Gasteiger partial charge in [0.15, 0.2) is 4.32 Å². The fourth-order valence-corrected chi connectivity index (χ4v) is 4.14. The Morgan fingerprint density at radius 3 is 2.63 bits per heavy atom. The molecule has 0 saturated carbocycles. The molecule has 1 amide bonds. The predicted octanol–water partition coefficient (Wildman–Crippen LogP) is 6.69.